The summed E-state index contributed by atoms with van der Waals surface area (Å²) in [5.74, 6) is -0.129. The van der Waals surface area contributed by atoms with Crippen LogP contribution in [0.5, 0.6) is 0 Å². The summed E-state index contributed by atoms with van der Waals surface area (Å²) in [6.45, 7) is 5.56. The van der Waals surface area contributed by atoms with Crippen LogP contribution in [0.15, 0.2) is 11.6 Å². The fraction of sp³-hybridized carbons (Fsp3) is 0.714. The first kappa shape index (κ1) is 16.9. The van der Waals surface area contributed by atoms with Crippen molar-refractivity contribution in [3.05, 3.63) is 11.6 Å². The van der Waals surface area contributed by atoms with Gasteiger partial charge in [-0.25, -0.2) is 0 Å². The van der Waals surface area contributed by atoms with E-state index in [2.05, 4.69) is 6.92 Å². The van der Waals surface area contributed by atoms with Crippen LogP contribution < -0.4 is 0 Å². The summed E-state index contributed by atoms with van der Waals surface area (Å²) >= 11 is 0. The van der Waals surface area contributed by atoms with Gasteiger partial charge in [-0.3, -0.25) is 19.2 Å². The van der Waals surface area contributed by atoms with Crippen LogP contribution >= 0.6 is 0 Å². The average molecular weight is 342 g/mol. The van der Waals surface area contributed by atoms with Crippen molar-refractivity contribution in [2.45, 2.75) is 59.3 Å². The van der Waals surface area contributed by atoms with Crippen LogP contribution in [0.2, 0.25) is 0 Å². The van der Waals surface area contributed by atoms with E-state index >= 15 is 0 Å². The van der Waals surface area contributed by atoms with Crippen molar-refractivity contribution in [1.82, 2.24) is 0 Å². The molecule has 6 atom stereocenters. The Balaban J connectivity index is 1.78. The van der Waals surface area contributed by atoms with Gasteiger partial charge in [0, 0.05) is 36.5 Å². The molecule has 0 unspecified atom stereocenters. The number of hydrogen-bond acceptors (Lipinski definition) is 4. The van der Waals surface area contributed by atoms with Gasteiger partial charge in [0.25, 0.3) is 0 Å². The largest absolute Gasteiger partial charge is 0.300 e. The van der Waals surface area contributed by atoms with Gasteiger partial charge in [-0.05, 0) is 49.5 Å². The molecule has 0 aliphatic heterocycles. The van der Waals surface area contributed by atoms with Crippen LogP contribution in [-0.2, 0) is 19.2 Å². The van der Waals surface area contributed by atoms with E-state index in [9.17, 15) is 19.2 Å². The highest BCUT2D eigenvalue weighted by Crippen LogP contribution is 2.64. The second kappa shape index (κ2) is 5.21. The smallest absolute Gasteiger partial charge is 0.155 e. The molecule has 0 aromatic carbocycles. The Bertz CT molecular complexity index is 732. The van der Waals surface area contributed by atoms with Crippen molar-refractivity contribution in [3.8, 4) is 0 Å². The molecule has 134 valence electrons. The molecular formula is C21H26O4. The molecule has 3 saturated carbocycles. The molecule has 4 aliphatic rings. The topological polar surface area (TPSA) is 68.3 Å². The van der Waals surface area contributed by atoms with Crippen molar-refractivity contribution in [2.24, 2.45) is 34.5 Å². The second-order valence-corrected chi connectivity index (χ2v) is 9.08. The van der Waals surface area contributed by atoms with E-state index in [-0.39, 0.29) is 52.7 Å². The van der Waals surface area contributed by atoms with E-state index in [0.717, 1.165) is 19.3 Å². The number of allylic oxidation sites excluding steroid dienone is 1. The summed E-state index contributed by atoms with van der Waals surface area (Å²) in [4.78, 5) is 50.1. The molecule has 4 nitrogen and oxygen atoms in total. The highest BCUT2D eigenvalue weighted by atomic mass is 16.2. The number of hydrogen-bond donors (Lipinski definition) is 0. The second-order valence-electron chi connectivity index (χ2n) is 9.08. The summed E-state index contributed by atoms with van der Waals surface area (Å²) in [6, 6.07) is 0. The van der Waals surface area contributed by atoms with E-state index < -0.39 is 11.3 Å². The van der Waals surface area contributed by atoms with E-state index in [1.807, 2.05) is 6.92 Å². The fourth-order valence-corrected chi connectivity index (χ4v) is 6.66. The average Bonchev–Trinajstić information content (AvgIpc) is 2.82. The van der Waals surface area contributed by atoms with Crippen molar-refractivity contribution >= 4 is 23.1 Å². The molecule has 4 heteroatoms. The third-order valence-electron chi connectivity index (χ3n) is 8.09. The molecule has 25 heavy (non-hydrogen) atoms. The number of ketones is 4. The molecular weight excluding hydrogens is 316 g/mol. The maximum atomic E-state index is 13.2. The summed E-state index contributed by atoms with van der Waals surface area (Å²) in [6.07, 6.45) is 5.46. The van der Waals surface area contributed by atoms with Gasteiger partial charge in [0.15, 0.2) is 5.78 Å². The minimum absolute atomic E-state index is 0.0315. The zero-order valence-corrected chi connectivity index (χ0v) is 15.3. The van der Waals surface area contributed by atoms with E-state index in [1.54, 1.807) is 6.08 Å². The lowest BCUT2D eigenvalue weighted by Crippen LogP contribution is -2.56. The van der Waals surface area contributed by atoms with Crippen LogP contribution in [0.3, 0.4) is 0 Å². The lowest BCUT2D eigenvalue weighted by atomic mass is 9.46. The Labute approximate surface area is 148 Å². The van der Waals surface area contributed by atoms with Gasteiger partial charge in [0.05, 0.1) is 0 Å². The molecule has 0 aromatic heterocycles. The lowest BCUT2D eigenvalue weighted by molar-refractivity contribution is -0.154. The minimum Gasteiger partial charge on any atom is -0.300 e. The monoisotopic (exact) mass is 342 g/mol. The molecule has 0 spiro atoms. The Kier molecular flexibility index (Phi) is 3.52. The highest BCUT2D eigenvalue weighted by molar-refractivity contribution is 6.03. The first-order valence-corrected chi connectivity index (χ1v) is 9.50. The number of carbonyl (C=O) groups is 4. The van der Waals surface area contributed by atoms with Crippen LogP contribution in [0, 0.1) is 34.5 Å². The summed E-state index contributed by atoms with van der Waals surface area (Å²) in [7, 11) is 0. The van der Waals surface area contributed by atoms with Gasteiger partial charge in [-0.15, -0.1) is 0 Å². The zero-order valence-electron chi connectivity index (χ0n) is 15.3. The maximum absolute atomic E-state index is 13.2. The third-order valence-corrected chi connectivity index (χ3v) is 8.09. The van der Waals surface area contributed by atoms with Gasteiger partial charge < -0.3 is 0 Å². The van der Waals surface area contributed by atoms with E-state index in [0.29, 0.717) is 12.8 Å². The van der Waals surface area contributed by atoms with Gasteiger partial charge in [-0.2, -0.15) is 0 Å². The normalized spacial score (nSPS) is 46.2. The number of fused-ring (bicyclic) bond motifs is 5. The predicted octanol–water partition coefficient (Wildman–Crippen LogP) is 3.08. The van der Waals surface area contributed by atoms with Crippen LogP contribution in [-0.4, -0.2) is 23.1 Å². The number of rotatable bonds is 1. The highest BCUT2D eigenvalue weighted by Gasteiger charge is 2.66. The Hall–Kier alpha value is -1.58. The van der Waals surface area contributed by atoms with Crippen molar-refractivity contribution < 1.29 is 19.2 Å². The van der Waals surface area contributed by atoms with Crippen LogP contribution in [0.1, 0.15) is 59.3 Å². The third kappa shape index (κ3) is 2.06. The molecule has 3 fully saturated rings. The standard InChI is InChI=1S/C21H26O4/c1-11(22)15-9-17(24)19-14-5-4-12-8-13(23)6-7-20(12,2)16(14)10-18(25)21(15,19)3/h8,14-16,19H,4-7,9-10H2,1-3H3/t14-,15-,16+,19-,20+,21+/m1/s1. The molecule has 0 heterocycles. The molecule has 4 rings (SSSR count). The molecule has 4 aliphatic carbocycles. The summed E-state index contributed by atoms with van der Waals surface area (Å²) in [5.41, 5.74) is 0.212. The van der Waals surface area contributed by atoms with Crippen molar-refractivity contribution in [2.75, 3.05) is 0 Å². The van der Waals surface area contributed by atoms with Crippen LogP contribution in [0.25, 0.3) is 0 Å². The first-order chi connectivity index (χ1) is 11.7. The van der Waals surface area contributed by atoms with Gasteiger partial charge in [0.2, 0.25) is 0 Å². The number of carbonyl (C=O) groups excluding carboxylic acids is 4. The summed E-state index contributed by atoms with van der Waals surface area (Å²) in [5, 5.41) is 0. The predicted molar refractivity (Wildman–Crippen MR) is 91.7 cm³/mol. The van der Waals surface area contributed by atoms with Gasteiger partial charge >= 0.3 is 0 Å². The van der Waals surface area contributed by atoms with E-state index in [4.69, 9.17) is 0 Å². The quantitative estimate of drug-likeness (QED) is 0.734. The number of Topliss-reactive ketones (excluding diaryl/α,β-unsaturated/α-hetero) is 3. The first-order valence-electron chi connectivity index (χ1n) is 9.50. The van der Waals surface area contributed by atoms with E-state index in [1.165, 1.54) is 12.5 Å². The van der Waals surface area contributed by atoms with Crippen molar-refractivity contribution in [3.63, 3.8) is 0 Å². The molecule has 0 N–H and O–H groups in total. The molecule has 0 bridgehead atoms. The van der Waals surface area contributed by atoms with Gasteiger partial charge in [0.1, 0.15) is 17.3 Å². The Morgan fingerprint density at radius 2 is 1.84 bits per heavy atom. The van der Waals surface area contributed by atoms with Crippen LogP contribution in [0.4, 0.5) is 0 Å². The Morgan fingerprint density at radius 3 is 2.52 bits per heavy atom. The molecule has 0 aromatic rings. The maximum Gasteiger partial charge on any atom is 0.155 e. The molecule has 0 saturated heterocycles. The minimum atomic E-state index is -0.813. The zero-order chi connectivity index (χ0) is 18.1. The van der Waals surface area contributed by atoms with Gasteiger partial charge in [-0.1, -0.05) is 19.4 Å². The molecule has 0 radical (unpaired) electrons. The lowest BCUT2D eigenvalue weighted by Gasteiger charge is -2.56. The fourth-order valence-electron chi connectivity index (χ4n) is 6.66. The molecule has 0 amide bonds. The SMILES string of the molecule is CC(=O)[C@H]1CC(=O)[C@H]2[C@@H]3CCC4=CC(=O)CC[C@]4(C)[C@H]3CC(=O)[C@]12C. The van der Waals surface area contributed by atoms with Crippen molar-refractivity contribution in [1.29, 1.82) is 0 Å². The summed E-state index contributed by atoms with van der Waals surface area (Å²) < 4.78 is 0. The Morgan fingerprint density at radius 1 is 1.12 bits per heavy atom.